The van der Waals surface area contributed by atoms with Crippen LogP contribution in [0.3, 0.4) is 0 Å². The zero-order valence-electron chi connectivity index (χ0n) is 10.4. The van der Waals surface area contributed by atoms with Crippen LogP contribution in [-0.4, -0.2) is 64.0 Å². The summed E-state index contributed by atoms with van der Waals surface area (Å²) < 4.78 is 41.7. The van der Waals surface area contributed by atoms with Crippen molar-refractivity contribution in [3.8, 4) is 0 Å². The highest BCUT2D eigenvalue weighted by Crippen LogP contribution is 2.41. The van der Waals surface area contributed by atoms with Gasteiger partial charge in [-0.25, -0.2) is 0 Å². The van der Waals surface area contributed by atoms with Crippen LogP contribution in [0, 0.1) is 0 Å². The van der Waals surface area contributed by atoms with Crippen LogP contribution >= 0.6 is 0 Å². The lowest BCUT2D eigenvalue weighted by Crippen LogP contribution is -2.65. The Morgan fingerprint density at radius 2 is 2.05 bits per heavy atom. The molecular weight excluding hydrogens is 283 g/mol. The molecule has 2 saturated heterocycles. The van der Waals surface area contributed by atoms with Crippen molar-refractivity contribution in [3.05, 3.63) is 0 Å². The van der Waals surface area contributed by atoms with E-state index in [1.165, 1.54) is 0 Å². The van der Waals surface area contributed by atoms with E-state index < -0.39 is 55.1 Å². The van der Waals surface area contributed by atoms with Crippen LogP contribution in [0.15, 0.2) is 0 Å². The van der Waals surface area contributed by atoms with Crippen molar-refractivity contribution in [1.82, 2.24) is 5.32 Å². The molecule has 5 atom stereocenters. The fourth-order valence-electron chi connectivity index (χ4n) is 2.81. The van der Waals surface area contributed by atoms with E-state index in [9.17, 15) is 33.3 Å². The molecule has 0 aromatic carbocycles. The van der Waals surface area contributed by atoms with Gasteiger partial charge in [-0.3, -0.25) is 4.79 Å². The summed E-state index contributed by atoms with van der Waals surface area (Å²) >= 11 is 0. The summed E-state index contributed by atoms with van der Waals surface area (Å²) in [6.45, 7) is -0.509. The Labute approximate surface area is 112 Å². The molecule has 2 rings (SSSR count). The number of halogens is 3. The fourth-order valence-corrected chi connectivity index (χ4v) is 2.81. The van der Waals surface area contributed by atoms with Crippen LogP contribution in [-0.2, 0) is 9.53 Å². The first-order valence-corrected chi connectivity index (χ1v) is 6.19. The number of ether oxygens (including phenoxy) is 1. The first kappa shape index (κ1) is 15.5. The number of hydrogen-bond donors (Lipinski definition) is 4. The second kappa shape index (κ2) is 5.14. The fraction of sp³-hybridized carbons (Fsp3) is 0.909. The molecule has 0 aliphatic carbocycles. The third-order valence-corrected chi connectivity index (χ3v) is 3.83. The number of fused-ring (bicyclic) bond motifs is 2. The van der Waals surface area contributed by atoms with Crippen LogP contribution in [0.25, 0.3) is 0 Å². The van der Waals surface area contributed by atoms with E-state index in [1.54, 1.807) is 0 Å². The molecule has 0 radical (unpaired) electrons. The minimum absolute atomic E-state index is 0.262. The van der Waals surface area contributed by atoms with Gasteiger partial charge in [-0.1, -0.05) is 0 Å². The second-order valence-electron chi connectivity index (χ2n) is 5.24. The number of aliphatic hydroxyl groups excluding tert-OH is 3. The Kier molecular flexibility index (Phi) is 3.98. The van der Waals surface area contributed by atoms with Crippen LogP contribution in [0.2, 0.25) is 0 Å². The van der Waals surface area contributed by atoms with Gasteiger partial charge in [-0.05, 0) is 12.8 Å². The highest BCUT2D eigenvalue weighted by atomic mass is 19.4. The second-order valence-corrected chi connectivity index (χ2v) is 5.24. The van der Waals surface area contributed by atoms with E-state index >= 15 is 0 Å². The summed E-state index contributed by atoms with van der Waals surface area (Å²) in [7, 11) is 0. The standard InChI is InChI=1S/C11H16F3NO5/c12-11(13,14)3-6(17)15-7-5-1-2-10(4-16,20-5)9(19)8(7)18/h5,7-9,16,18-19H,1-4H2,(H,15,17)/t5-,7+,8-,9-,10-/m1/s1. The number of hydrogen-bond acceptors (Lipinski definition) is 5. The number of carbonyl (C=O) groups excluding carboxylic acids is 1. The van der Waals surface area contributed by atoms with E-state index in [-0.39, 0.29) is 6.42 Å². The van der Waals surface area contributed by atoms with E-state index in [2.05, 4.69) is 0 Å². The smallest absolute Gasteiger partial charge is 0.393 e. The molecule has 2 aliphatic heterocycles. The minimum atomic E-state index is -4.65. The van der Waals surface area contributed by atoms with Gasteiger partial charge in [0.15, 0.2) is 0 Å². The van der Waals surface area contributed by atoms with Gasteiger partial charge < -0.3 is 25.4 Å². The summed E-state index contributed by atoms with van der Waals surface area (Å²) in [6, 6.07) is -1.12. The van der Waals surface area contributed by atoms with Crippen molar-refractivity contribution < 1.29 is 38.0 Å². The maximum Gasteiger partial charge on any atom is 0.397 e. The monoisotopic (exact) mass is 299 g/mol. The summed E-state index contributed by atoms with van der Waals surface area (Å²) in [5, 5.41) is 31.1. The molecule has 2 heterocycles. The summed E-state index contributed by atoms with van der Waals surface area (Å²) in [4.78, 5) is 11.3. The lowest BCUT2D eigenvalue weighted by atomic mass is 9.88. The van der Waals surface area contributed by atoms with Gasteiger partial charge in [-0.15, -0.1) is 0 Å². The first-order valence-electron chi connectivity index (χ1n) is 6.19. The highest BCUT2D eigenvalue weighted by Gasteiger charge is 2.58. The molecule has 9 heteroatoms. The van der Waals surface area contributed by atoms with E-state index in [0.29, 0.717) is 6.42 Å². The Hall–Kier alpha value is -0.900. The van der Waals surface area contributed by atoms with Crippen molar-refractivity contribution >= 4 is 5.91 Å². The molecule has 6 nitrogen and oxygen atoms in total. The van der Waals surface area contributed by atoms with Crippen LogP contribution in [0.1, 0.15) is 19.3 Å². The molecule has 0 aromatic rings. The van der Waals surface area contributed by atoms with Gasteiger partial charge in [0.05, 0.1) is 18.8 Å². The molecule has 2 bridgehead atoms. The molecule has 0 saturated carbocycles. The number of carbonyl (C=O) groups is 1. The maximum absolute atomic E-state index is 12.1. The average Bonchev–Trinajstić information content (AvgIpc) is 2.73. The lowest BCUT2D eigenvalue weighted by Gasteiger charge is -2.44. The largest absolute Gasteiger partial charge is 0.397 e. The van der Waals surface area contributed by atoms with E-state index in [4.69, 9.17) is 4.74 Å². The summed E-state index contributed by atoms with van der Waals surface area (Å²) in [5.41, 5.74) is -1.30. The molecule has 2 aliphatic rings. The van der Waals surface area contributed by atoms with E-state index in [0.717, 1.165) is 0 Å². The highest BCUT2D eigenvalue weighted by molar-refractivity contribution is 5.77. The predicted molar refractivity (Wildman–Crippen MR) is 58.5 cm³/mol. The third kappa shape index (κ3) is 2.76. The van der Waals surface area contributed by atoms with Crippen molar-refractivity contribution in [2.24, 2.45) is 0 Å². The zero-order chi connectivity index (χ0) is 15.1. The molecule has 4 N–H and O–H groups in total. The molecule has 116 valence electrons. The number of alkyl halides is 3. The first-order chi connectivity index (χ1) is 9.18. The molecule has 20 heavy (non-hydrogen) atoms. The molecule has 0 spiro atoms. The van der Waals surface area contributed by atoms with Crippen LogP contribution < -0.4 is 5.32 Å². The summed E-state index contributed by atoms with van der Waals surface area (Å²) in [5.74, 6) is -1.29. The van der Waals surface area contributed by atoms with Crippen LogP contribution in [0.5, 0.6) is 0 Å². The van der Waals surface area contributed by atoms with Gasteiger partial charge in [0.2, 0.25) is 5.91 Å². The maximum atomic E-state index is 12.1. The summed E-state index contributed by atoms with van der Waals surface area (Å²) in [6.07, 6.45) is -9.40. The lowest BCUT2D eigenvalue weighted by molar-refractivity contribution is -0.220. The molecule has 2 fully saturated rings. The minimum Gasteiger partial charge on any atom is -0.393 e. The van der Waals surface area contributed by atoms with Crippen molar-refractivity contribution in [2.45, 2.75) is 55.4 Å². The Bertz CT molecular complexity index is 391. The van der Waals surface area contributed by atoms with Gasteiger partial charge in [-0.2, -0.15) is 13.2 Å². The number of aliphatic hydroxyl groups is 3. The quantitative estimate of drug-likeness (QED) is 0.539. The number of rotatable bonds is 3. The molecule has 0 unspecified atom stereocenters. The van der Waals surface area contributed by atoms with Crippen LogP contribution in [0.4, 0.5) is 13.2 Å². The van der Waals surface area contributed by atoms with Gasteiger partial charge in [0.1, 0.15) is 24.2 Å². The zero-order valence-corrected chi connectivity index (χ0v) is 10.4. The SMILES string of the molecule is O=C(CC(F)(F)F)N[C@@H]1[C@@H](O)[C@@H](O)[C@]2(CO)CC[C@H]1O2. The Morgan fingerprint density at radius 1 is 1.40 bits per heavy atom. The van der Waals surface area contributed by atoms with Crippen molar-refractivity contribution in [1.29, 1.82) is 0 Å². The molecule has 1 amide bonds. The normalized spacial score (nSPS) is 40.7. The van der Waals surface area contributed by atoms with Gasteiger partial charge in [0, 0.05) is 0 Å². The third-order valence-electron chi connectivity index (χ3n) is 3.83. The van der Waals surface area contributed by atoms with Gasteiger partial charge in [0.25, 0.3) is 0 Å². The van der Waals surface area contributed by atoms with Gasteiger partial charge >= 0.3 is 6.18 Å². The number of amides is 1. The molecular formula is C11H16F3NO5. The predicted octanol–water partition coefficient (Wildman–Crippen LogP) is -0.931. The number of nitrogens with one attached hydrogen (secondary N) is 1. The molecule has 0 aromatic heterocycles. The average molecular weight is 299 g/mol. The Balaban J connectivity index is 2.05. The van der Waals surface area contributed by atoms with Crippen molar-refractivity contribution in [2.75, 3.05) is 6.61 Å². The van der Waals surface area contributed by atoms with Crippen molar-refractivity contribution in [3.63, 3.8) is 0 Å². The Morgan fingerprint density at radius 3 is 2.60 bits per heavy atom. The van der Waals surface area contributed by atoms with E-state index in [1.807, 2.05) is 5.32 Å². The topological polar surface area (TPSA) is 99.0 Å².